The number of aryl methyl sites for hydroxylation is 1. The summed E-state index contributed by atoms with van der Waals surface area (Å²) in [7, 11) is 0. The third kappa shape index (κ3) is 4.82. The Morgan fingerprint density at radius 1 is 1.20 bits per heavy atom. The fourth-order valence-electron chi connectivity index (χ4n) is 4.36. The van der Waals surface area contributed by atoms with Gasteiger partial charge in [-0.25, -0.2) is 5.01 Å². The van der Waals surface area contributed by atoms with Crippen LogP contribution in [0.3, 0.4) is 0 Å². The van der Waals surface area contributed by atoms with Crippen molar-refractivity contribution in [2.75, 3.05) is 19.6 Å². The van der Waals surface area contributed by atoms with Gasteiger partial charge < -0.3 is 9.73 Å². The standard InChI is InChI=1S/C24H32N4O2/c1-17(2)25-20-10-12-27(13-11-20)16-24(29)28-22(23-5-4-14-30-23)15-21(26-28)19-8-6-18(3)7-9-19/h4-9,14,17,20,22,25H,10-13,15-16H2,1-3H3. The summed E-state index contributed by atoms with van der Waals surface area (Å²) in [6.07, 6.45) is 4.48. The van der Waals surface area contributed by atoms with Gasteiger partial charge in [0.1, 0.15) is 11.8 Å². The first-order chi connectivity index (χ1) is 14.5. The van der Waals surface area contributed by atoms with Crippen molar-refractivity contribution in [3.05, 3.63) is 59.5 Å². The van der Waals surface area contributed by atoms with Gasteiger partial charge in [0.05, 0.1) is 18.5 Å². The second-order valence-electron chi connectivity index (χ2n) is 8.76. The van der Waals surface area contributed by atoms with Crippen LogP contribution in [-0.2, 0) is 4.79 Å². The van der Waals surface area contributed by atoms with E-state index < -0.39 is 0 Å². The molecular formula is C24H32N4O2. The highest BCUT2D eigenvalue weighted by molar-refractivity contribution is 6.03. The van der Waals surface area contributed by atoms with Crippen LogP contribution in [0.1, 0.15) is 56.0 Å². The Morgan fingerprint density at radius 2 is 1.93 bits per heavy atom. The molecule has 1 unspecified atom stereocenters. The lowest BCUT2D eigenvalue weighted by Gasteiger charge is -2.33. The number of amides is 1. The van der Waals surface area contributed by atoms with E-state index in [9.17, 15) is 4.79 Å². The molecule has 0 bridgehead atoms. The number of piperidine rings is 1. The number of rotatable bonds is 6. The van der Waals surface area contributed by atoms with E-state index in [1.54, 1.807) is 11.3 Å². The molecule has 6 heteroatoms. The van der Waals surface area contributed by atoms with Crippen molar-refractivity contribution in [3.8, 4) is 0 Å². The number of benzene rings is 1. The van der Waals surface area contributed by atoms with Gasteiger partial charge in [0.2, 0.25) is 0 Å². The fraction of sp³-hybridized carbons (Fsp3) is 0.500. The molecule has 1 atom stereocenters. The molecular weight excluding hydrogens is 376 g/mol. The fourth-order valence-corrected chi connectivity index (χ4v) is 4.36. The number of hydrogen-bond donors (Lipinski definition) is 1. The number of carbonyl (C=O) groups is 1. The van der Waals surface area contributed by atoms with Crippen molar-refractivity contribution in [2.24, 2.45) is 5.10 Å². The molecule has 1 saturated heterocycles. The summed E-state index contributed by atoms with van der Waals surface area (Å²) < 4.78 is 5.65. The van der Waals surface area contributed by atoms with Crippen LogP contribution in [0.2, 0.25) is 0 Å². The highest BCUT2D eigenvalue weighted by atomic mass is 16.3. The second kappa shape index (κ2) is 9.14. The number of hydrazone groups is 1. The zero-order chi connectivity index (χ0) is 21.1. The molecule has 1 fully saturated rings. The minimum atomic E-state index is -0.177. The van der Waals surface area contributed by atoms with Crippen LogP contribution in [0, 0.1) is 6.92 Å². The lowest BCUT2D eigenvalue weighted by atomic mass is 10.0. The topological polar surface area (TPSA) is 61.1 Å². The Balaban J connectivity index is 1.45. The number of likely N-dealkylation sites (tertiary alicyclic amines) is 1. The largest absolute Gasteiger partial charge is 0.467 e. The number of nitrogens with zero attached hydrogens (tertiary/aromatic N) is 3. The Hall–Kier alpha value is -2.44. The van der Waals surface area contributed by atoms with Crippen molar-refractivity contribution >= 4 is 11.6 Å². The first-order valence-corrected chi connectivity index (χ1v) is 11.0. The molecule has 6 nitrogen and oxygen atoms in total. The second-order valence-corrected chi connectivity index (χ2v) is 8.76. The SMILES string of the molecule is Cc1ccc(C2=NN(C(=O)CN3CCC(NC(C)C)CC3)C(c3ccco3)C2)cc1. The minimum absolute atomic E-state index is 0.0359. The maximum absolute atomic E-state index is 13.2. The van der Waals surface area contributed by atoms with E-state index >= 15 is 0 Å². The smallest absolute Gasteiger partial charge is 0.257 e. The van der Waals surface area contributed by atoms with Gasteiger partial charge in [-0.2, -0.15) is 5.10 Å². The van der Waals surface area contributed by atoms with Gasteiger partial charge in [0.15, 0.2) is 0 Å². The van der Waals surface area contributed by atoms with Crippen LogP contribution in [-0.4, -0.2) is 53.2 Å². The van der Waals surface area contributed by atoms with E-state index in [4.69, 9.17) is 9.52 Å². The third-order valence-corrected chi connectivity index (χ3v) is 5.94. The first kappa shape index (κ1) is 20.8. The Bertz CT molecular complexity index is 865. The van der Waals surface area contributed by atoms with Gasteiger partial charge in [0.25, 0.3) is 5.91 Å². The summed E-state index contributed by atoms with van der Waals surface area (Å²) in [6.45, 7) is 8.70. The molecule has 2 aliphatic heterocycles. The van der Waals surface area contributed by atoms with Gasteiger partial charge >= 0.3 is 0 Å². The lowest BCUT2D eigenvalue weighted by Crippen LogP contribution is -2.47. The minimum Gasteiger partial charge on any atom is -0.467 e. The summed E-state index contributed by atoms with van der Waals surface area (Å²) in [6, 6.07) is 13.0. The predicted octanol–water partition coefficient (Wildman–Crippen LogP) is 3.73. The van der Waals surface area contributed by atoms with Crippen LogP contribution < -0.4 is 5.32 Å². The number of nitrogens with one attached hydrogen (secondary N) is 1. The Kier molecular flexibility index (Phi) is 6.35. The van der Waals surface area contributed by atoms with E-state index in [0.29, 0.717) is 25.0 Å². The molecule has 0 spiro atoms. The van der Waals surface area contributed by atoms with Crippen molar-refractivity contribution in [1.29, 1.82) is 0 Å². The van der Waals surface area contributed by atoms with Crippen molar-refractivity contribution in [1.82, 2.24) is 15.2 Å². The van der Waals surface area contributed by atoms with Crippen molar-refractivity contribution in [3.63, 3.8) is 0 Å². The average molecular weight is 409 g/mol. The highest BCUT2D eigenvalue weighted by Gasteiger charge is 2.35. The molecule has 1 aromatic heterocycles. The van der Waals surface area contributed by atoms with Gasteiger partial charge in [-0.05, 0) is 37.5 Å². The van der Waals surface area contributed by atoms with E-state index in [1.807, 2.05) is 12.1 Å². The maximum atomic E-state index is 13.2. The van der Waals surface area contributed by atoms with E-state index in [0.717, 1.165) is 43.0 Å². The van der Waals surface area contributed by atoms with Crippen LogP contribution in [0.4, 0.5) is 0 Å². The van der Waals surface area contributed by atoms with E-state index in [1.165, 1.54) is 5.56 Å². The molecule has 30 heavy (non-hydrogen) atoms. The van der Waals surface area contributed by atoms with Gasteiger partial charge in [0, 0.05) is 31.6 Å². The normalized spacial score (nSPS) is 20.7. The molecule has 1 aromatic carbocycles. The molecule has 1 N–H and O–H groups in total. The molecule has 0 radical (unpaired) electrons. The average Bonchev–Trinajstić information content (AvgIpc) is 3.39. The molecule has 0 aliphatic carbocycles. The first-order valence-electron chi connectivity index (χ1n) is 11.0. The monoisotopic (exact) mass is 408 g/mol. The summed E-state index contributed by atoms with van der Waals surface area (Å²) in [5.74, 6) is 0.822. The molecule has 160 valence electrons. The summed E-state index contributed by atoms with van der Waals surface area (Å²) in [5.41, 5.74) is 3.21. The molecule has 0 saturated carbocycles. The van der Waals surface area contributed by atoms with Gasteiger partial charge in [-0.1, -0.05) is 43.7 Å². The summed E-state index contributed by atoms with van der Waals surface area (Å²) in [5, 5.41) is 10.00. The van der Waals surface area contributed by atoms with Crippen molar-refractivity contribution < 1.29 is 9.21 Å². The number of carbonyl (C=O) groups excluding carboxylic acids is 1. The highest BCUT2D eigenvalue weighted by Crippen LogP contribution is 2.33. The van der Waals surface area contributed by atoms with E-state index in [2.05, 4.69) is 55.3 Å². The van der Waals surface area contributed by atoms with Gasteiger partial charge in [-0.15, -0.1) is 0 Å². The number of furan rings is 1. The summed E-state index contributed by atoms with van der Waals surface area (Å²) in [4.78, 5) is 15.5. The molecule has 1 amide bonds. The molecule has 3 heterocycles. The Labute approximate surface area is 178 Å². The van der Waals surface area contributed by atoms with Crippen LogP contribution in [0.25, 0.3) is 0 Å². The van der Waals surface area contributed by atoms with Crippen molar-refractivity contribution in [2.45, 2.75) is 58.2 Å². The number of hydrogen-bond acceptors (Lipinski definition) is 5. The Morgan fingerprint density at radius 3 is 2.57 bits per heavy atom. The molecule has 2 aliphatic rings. The van der Waals surface area contributed by atoms with E-state index in [-0.39, 0.29) is 11.9 Å². The van der Waals surface area contributed by atoms with Gasteiger partial charge in [-0.3, -0.25) is 9.69 Å². The van der Waals surface area contributed by atoms with Crippen LogP contribution in [0.5, 0.6) is 0 Å². The lowest BCUT2D eigenvalue weighted by molar-refractivity contribution is -0.134. The van der Waals surface area contributed by atoms with Crippen LogP contribution >= 0.6 is 0 Å². The zero-order valence-electron chi connectivity index (χ0n) is 18.2. The predicted molar refractivity (Wildman–Crippen MR) is 118 cm³/mol. The van der Waals surface area contributed by atoms with Crippen LogP contribution in [0.15, 0.2) is 52.2 Å². The molecule has 4 rings (SSSR count). The summed E-state index contributed by atoms with van der Waals surface area (Å²) >= 11 is 0. The maximum Gasteiger partial charge on any atom is 0.257 e. The zero-order valence-corrected chi connectivity index (χ0v) is 18.2. The molecule has 2 aromatic rings. The third-order valence-electron chi connectivity index (χ3n) is 5.94. The quantitative estimate of drug-likeness (QED) is 0.791.